The second kappa shape index (κ2) is 14.5. The summed E-state index contributed by atoms with van der Waals surface area (Å²) in [7, 11) is 4.33. The summed E-state index contributed by atoms with van der Waals surface area (Å²) < 4.78 is 1.43. The van der Waals surface area contributed by atoms with Crippen molar-refractivity contribution in [1.29, 1.82) is 0 Å². The molecule has 0 fully saturated rings. The number of hydrogen-bond donors (Lipinski definition) is 1. The van der Waals surface area contributed by atoms with Crippen LogP contribution in [0.25, 0.3) is 10.1 Å². The van der Waals surface area contributed by atoms with Crippen LogP contribution < -0.4 is 5.73 Å². The summed E-state index contributed by atoms with van der Waals surface area (Å²) >= 11 is 3.71. The van der Waals surface area contributed by atoms with Crippen molar-refractivity contribution < 1.29 is 4.79 Å². The Morgan fingerprint density at radius 2 is 1.45 bits per heavy atom. The van der Waals surface area contributed by atoms with E-state index in [0.29, 0.717) is 12.2 Å². The highest BCUT2D eigenvalue weighted by Crippen LogP contribution is 2.29. The van der Waals surface area contributed by atoms with Gasteiger partial charge in [-0.2, -0.15) is 0 Å². The summed E-state index contributed by atoms with van der Waals surface area (Å²) in [6.07, 6.45) is 2.44. The molecule has 38 heavy (non-hydrogen) atoms. The second-order valence-corrected chi connectivity index (χ2v) is 11.2. The van der Waals surface area contributed by atoms with Gasteiger partial charge in [0.2, 0.25) is 0 Å². The van der Waals surface area contributed by atoms with Crippen LogP contribution >= 0.6 is 22.7 Å². The Kier molecular flexibility index (Phi) is 11.5. The van der Waals surface area contributed by atoms with Crippen LogP contribution in [-0.4, -0.2) is 34.7 Å². The fourth-order valence-electron chi connectivity index (χ4n) is 4.78. The monoisotopic (exact) mass is 550 g/mol. The molecule has 4 aromatic rings. The minimum atomic E-state index is 0.198. The van der Waals surface area contributed by atoms with Crippen LogP contribution in [0.1, 0.15) is 78.2 Å². The molecule has 7 rings (SSSR count). The Morgan fingerprint density at radius 1 is 0.789 bits per heavy atom. The first-order valence-electron chi connectivity index (χ1n) is 13.7. The first-order chi connectivity index (χ1) is 18.5. The van der Waals surface area contributed by atoms with Gasteiger partial charge in [0.05, 0.1) is 5.69 Å². The van der Waals surface area contributed by atoms with E-state index < -0.39 is 0 Å². The maximum absolute atomic E-state index is 11.3. The number of nitrogens with two attached hydrogens (primary N) is 1. The summed E-state index contributed by atoms with van der Waals surface area (Å²) in [6.45, 7) is 12.5. The molecule has 7 heteroatoms. The van der Waals surface area contributed by atoms with E-state index in [1.165, 1.54) is 26.8 Å². The normalized spacial score (nSPS) is 15.4. The summed E-state index contributed by atoms with van der Waals surface area (Å²) in [6, 6.07) is 12.6. The first kappa shape index (κ1) is 30.0. The minimum absolute atomic E-state index is 0.198. The standard InChI is InChI=1S/C11H11NS.C9H10N2O.C7H9NS.2C2H6/c1-12-6-9-4-8-2-3-13-11(8)5-10(9)7-12;10-9-5-4-6-7(11-9)2-1-3-8(6)12;1-8-4-6-2-3-9-7(6)5-8;2*1-2/h2-5H,6-7H2,1H3;4-5H,1-3H2,(H2,10,11);2-3H,4-5H2,1H3;2*1-2H3. The van der Waals surface area contributed by atoms with E-state index in [0.717, 1.165) is 50.3 Å². The van der Waals surface area contributed by atoms with Crippen LogP contribution in [0.15, 0.2) is 47.2 Å². The highest BCUT2D eigenvalue weighted by atomic mass is 32.1. The van der Waals surface area contributed by atoms with Crippen LogP contribution in [0, 0.1) is 0 Å². The number of aromatic nitrogens is 1. The number of hydrogen-bond acceptors (Lipinski definition) is 7. The average Bonchev–Trinajstić information content (AvgIpc) is 3.69. The fraction of sp³-hybridized carbons (Fsp3) is 0.419. The molecule has 0 radical (unpaired) electrons. The molecule has 0 atom stereocenters. The molecule has 1 aromatic carbocycles. The topological polar surface area (TPSA) is 62.5 Å². The molecule has 2 N–H and O–H groups in total. The van der Waals surface area contributed by atoms with Gasteiger partial charge in [-0.05, 0) is 96.2 Å². The number of carbonyl (C=O) groups is 1. The zero-order valence-electron chi connectivity index (χ0n) is 23.7. The van der Waals surface area contributed by atoms with Crippen LogP contribution in [0.4, 0.5) is 5.82 Å². The minimum Gasteiger partial charge on any atom is -0.384 e. The molecule has 0 bridgehead atoms. The molecular formula is C31H42N4OS2. The lowest BCUT2D eigenvalue weighted by atomic mass is 9.95. The molecule has 0 spiro atoms. The number of rotatable bonds is 0. The van der Waals surface area contributed by atoms with Gasteiger partial charge in [-0.15, -0.1) is 22.7 Å². The number of anilines is 1. The lowest BCUT2D eigenvalue weighted by Gasteiger charge is -2.12. The second-order valence-electron chi connectivity index (χ2n) is 9.30. The average molecular weight is 551 g/mol. The SMILES string of the molecule is CC.CC.CN1Cc2cc3ccsc3cc2C1.CN1Cc2ccsc2C1.Nc1ccc2c(n1)CCCC2=O. The molecule has 0 unspecified atom stereocenters. The number of nitrogens with zero attached hydrogens (tertiary/aromatic N) is 3. The van der Waals surface area contributed by atoms with Gasteiger partial charge in [0.15, 0.2) is 5.78 Å². The third-order valence-corrected chi connectivity index (χ3v) is 8.29. The molecule has 0 amide bonds. The molecule has 3 aliphatic rings. The number of thiophene rings is 2. The molecule has 5 heterocycles. The highest BCUT2D eigenvalue weighted by molar-refractivity contribution is 7.17. The Labute approximate surface area is 236 Å². The smallest absolute Gasteiger partial charge is 0.164 e. The number of carbonyl (C=O) groups excluding carboxylic acids is 1. The van der Waals surface area contributed by atoms with Crippen LogP contribution in [0.3, 0.4) is 0 Å². The van der Waals surface area contributed by atoms with Crippen LogP contribution in [-0.2, 0) is 32.6 Å². The Morgan fingerprint density at radius 3 is 2.18 bits per heavy atom. The Hall–Kier alpha value is -2.58. The fourth-order valence-corrected chi connectivity index (χ4v) is 6.59. The first-order valence-corrected chi connectivity index (χ1v) is 15.4. The summed E-state index contributed by atoms with van der Waals surface area (Å²) in [5, 5.41) is 5.75. The van der Waals surface area contributed by atoms with Gasteiger partial charge in [0, 0.05) is 47.7 Å². The zero-order valence-corrected chi connectivity index (χ0v) is 25.3. The predicted octanol–water partition coefficient (Wildman–Crippen LogP) is 7.78. The van der Waals surface area contributed by atoms with Gasteiger partial charge >= 0.3 is 0 Å². The largest absolute Gasteiger partial charge is 0.384 e. The number of pyridine rings is 1. The van der Waals surface area contributed by atoms with Gasteiger partial charge in [-0.25, -0.2) is 4.98 Å². The number of Topliss-reactive ketones (excluding diaryl/α,β-unsaturated/α-hetero) is 1. The van der Waals surface area contributed by atoms with Crippen molar-refractivity contribution in [3.05, 3.63) is 80.0 Å². The van der Waals surface area contributed by atoms with Gasteiger partial charge in [-0.1, -0.05) is 27.7 Å². The van der Waals surface area contributed by atoms with Crippen molar-refractivity contribution in [3.8, 4) is 0 Å². The molecular weight excluding hydrogens is 509 g/mol. The summed E-state index contributed by atoms with van der Waals surface area (Å²) in [5.41, 5.74) is 11.7. The van der Waals surface area contributed by atoms with Crippen molar-refractivity contribution in [2.75, 3.05) is 19.8 Å². The lowest BCUT2D eigenvalue weighted by molar-refractivity contribution is 0.0971. The summed E-state index contributed by atoms with van der Waals surface area (Å²) in [4.78, 5) is 21.7. The summed E-state index contributed by atoms with van der Waals surface area (Å²) in [5.74, 6) is 0.701. The van der Waals surface area contributed by atoms with E-state index in [9.17, 15) is 4.79 Å². The molecule has 2 aliphatic heterocycles. The van der Waals surface area contributed by atoms with Crippen LogP contribution in [0.5, 0.6) is 0 Å². The third kappa shape index (κ3) is 7.50. The molecule has 0 saturated heterocycles. The van der Waals surface area contributed by atoms with E-state index in [4.69, 9.17) is 5.73 Å². The number of nitrogen functional groups attached to an aromatic ring is 1. The van der Waals surface area contributed by atoms with Gasteiger partial charge in [0.25, 0.3) is 0 Å². The van der Waals surface area contributed by atoms with Crippen molar-refractivity contribution in [2.24, 2.45) is 0 Å². The number of aryl methyl sites for hydroxylation is 1. The number of ketones is 1. The molecule has 5 nitrogen and oxygen atoms in total. The van der Waals surface area contributed by atoms with Gasteiger partial charge in [-0.3, -0.25) is 14.6 Å². The molecule has 3 aromatic heterocycles. The maximum atomic E-state index is 11.3. The van der Waals surface area contributed by atoms with Gasteiger partial charge in [0.1, 0.15) is 5.82 Å². The number of fused-ring (bicyclic) bond motifs is 4. The van der Waals surface area contributed by atoms with E-state index in [1.807, 2.05) is 50.4 Å². The zero-order chi connectivity index (χ0) is 27.7. The molecule has 204 valence electrons. The predicted molar refractivity (Wildman–Crippen MR) is 165 cm³/mol. The molecule has 0 saturated carbocycles. The van der Waals surface area contributed by atoms with E-state index in [2.05, 4.69) is 63.9 Å². The van der Waals surface area contributed by atoms with E-state index in [-0.39, 0.29) is 5.78 Å². The van der Waals surface area contributed by atoms with Crippen molar-refractivity contribution >= 4 is 44.4 Å². The van der Waals surface area contributed by atoms with Crippen LogP contribution in [0.2, 0.25) is 0 Å². The molecule has 1 aliphatic carbocycles. The Balaban J connectivity index is 0.000000150. The lowest BCUT2D eigenvalue weighted by Crippen LogP contribution is -2.13. The van der Waals surface area contributed by atoms with Crippen molar-refractivity contribution in [1.82, 2.24) is 14.8 Å². The maximum Gasteiger partial charge on any atom is 0.164 e. The van der Waals surface area contributed by atoms with Gasteiger partial charge < -0.3 is 5.73 Å². The van der Waals surface area contributed by atoms with E-state index in [1.54, 1.807) is 17.0 Å². The number of benzene rings is 1. The third-order valence-electron chi connectivity index (χ3n) is 6.46. The van der Waals surface area contributed by atoms with E-state index >= 15 is 0 Å². The van der Waals surface area contributed by atoms with Crippen molar-refractivity contribution in [3.63, 3.8) is 0 Å². The van der Waals surface area contributed by atoms with Crippen molar-refractivity contribution in [2.45, 2.75) is 73.1 Å². The highest BCUT2D eigenvalue weighted by Gasteiger charge is 2.18. The Bertz CT molecular complexity index is 1270. The quantitative estimate of drug-likeness (QED) is 0.242.